The first-order valence-electron chi connectivity index (χ1n) is 15.1. The molecule has 3 aliphatic rings. The van der Waals surface area contributed by atoms with Gasteiger partial charge in [-0.2, -0.15) is 0 Å². The molecule has 1 spiro atoms. The molecule has 8 heteroatoms. The van der Waals surface area contributed by atoms with Gasteiger partial charge in [-0.1, -0.05) is 64.0 Å². The van der Waals surface area contributed by atoms with Gasteiger partial charge in [-0.3, -0.25) is 14.4 Å². The van der Waals surface area contributed by atoms with Crippen molar-refractivity contribution >= 4 is 23.4 Å². The molecule has 0 aromatic heterocycles. The summed E-state index contributed by atoms with van der Waals surface area (Å²) in [6.07, 6.45) is 7.28. The number of aliphatic hydroxyl groups excluding tert-OH is 1. The number of hydrogen-bond donors (Lipinski definition) is 1. The van der Waals surface area contributed by atoms with Crippen molar-refractivity contribution in [1.82, 2.24) is 9.80 Å². The quantitative estimate of drug-likeness (QED) is 0.270. The maximum Gasteiger partial charge on any atom is 0.248 e. The molecule has 0 saturated carbocycles. The number of carbonyl (C=O) groups excluding carboxylic acids is 3. The molecular weight excluding hydrogens is 518 g/mol. The second-order valence-corrected chi connectivity index (χ2v) is 12.3. The molecule has 1 aromatic rings. The minimum Gasteiger partial charge on any atom is -0.394 e. The molecule has 3 heterocycles. The van der Waals surface area contributed by atoms with Crippen molar-refractivity contribution in [3.8, 4) is 0 Å². The lowest BCUT2D eigenvalue weighted by atomic mass is 9.66. The predicted octanol–water partition coefficient (Wildman–Crippen LogP) is 4.19. The van der Waals surface area contributed by atoms with E-state index in [4.69, 9.17) is 4.74 Å². The van der Waals surface area contributed by atoms with Crippen molar-refractivity contribution in [1.29, 1.82) is 0 Å². The van der Waals surface area contributed by atoms with E-state index in [9.17, 15) is 19.5 Å². The summed E-state index contributed by atoms with van der Waals surface area (Å²) in [5, 5.41) is 10.5. The Morgan fingerprint density at radius 3 is 2.39 bits per heavy atom. The van der Waals surface area contributed by atoms with Crippen LogP contribution < -0.4 is 4.90 Å². The zero-order valence-corrected chi connectivity index (χ0v) is 25.1. The normalized spacial score (nSPS) is 29.0. The third kappa shape index (κ3) is 5.25. The lowest BCUT2D eigenvalue weighted by molar-refractivity contribution is -0.155. The fourth-order valence-electron chi connectivity index (χ4n) is 7.40. The van der Waals surface area contributed by atoms with Crippen LogP contribution in [0.25, 0.3) is 0 Å². The first-order chi connectivity index (χ1) is 19.6. The maximum atomic E-state index is 14.6. The highest BCUT2D eigenvalue weighted by atomic mass is 16.5. The molecule has 4 rings (SSSR count). The van der Waals surface area contributed by atoms with Crippen molar-refractivity contribution < 1.29 is 24.2 Å². The summed E-state index contributed by atoms with van der Waals surface area (Å²) in [6, 6.07) is 7.86. The van der Waals surface area contributed by atoms with Crippen molar-refractivity contribution in [2.45, 2.75) is 83.1 Å². The summed E-state index contributed by atoms with van der Waals surface area (Å²) in [7, 11) is 0. The van der Waals surface area contributed by atoms with Crippen LogP contribution in [0.4, 0.5) is 5.69 Å². The summed E-state index contributed by atoms with van der Waals surface area (Å²) in [5.41, 5.74) is -1.32. The van der Waals surface area contributed by atoms with E-state index in [1.165, 1.54) is 0 Å². The van der Waals surface area contributed by atoms with Crippen molar-refractivity contribution in [3.63, 3.8) is 0 Å². The molecule has 0 radical (unpaired) electrons. The van der Waals surface area contributed by atoms with Crippen LogP contribution in [-0.2, 0) is 19.1 Å². The van der Waals surface area contributed by atoms with Gasteiger partial charge in [-0.25, -0.2) is 0 Å². The number of benzene rings is 1. The van der Waals surface area contributed by atoms with Gasteiger partial charge in [-0.05, 0) is 44.2 Å². The Labute approximate surface area is 245 Å². The van der Waals surface area contributed by atoms with Crippen LogP contribution in [-0.4, -0.2) is 82.2 Å². The molecule has 6 atom stereocenters. The van der Waals surface area contributed by atoms with E-state index < -0.39 is 35.1 Å². The number of amides is 3. The largest absolute Gasteiger partial charge is 0.394 e. The summed E-state index contributed by atoms with van der Waals surface area (Å²) in [5.74, 6) is -2.39. The lowest BCUT2D eigenvalue weighted by Gasteiger charge is -2.40. The number of aliphatic hydroxyl groups is 1. The smallest absolute Gasteiger partial charge is 0.248 e. The van der Waals surface area contributed by atoms with Crippen LogP contribution in [0.15, 0.2) is 55.6 Å². The van der Waals surface area contributed by atoms with E-state index >= 15 is 0 Å². The second-order valence-electron chi connectivity index (χ2n) is 12.3. The van der Waals surface area contributed by atoms with E-state index in [-0.39, 0.29) is 36.8 Å². The lowest BCUT2D eigenvalue weighted by Crippen LogP contribution is -2.59. The van der Waals surface area contributed by atoms with Gasteiger partial charge >= 0.3 is 0 Å². The molecule has 1 N–H and O–H groups in total. The average molecular weight is 566 g/mol. The molecule has 224 valence electrons. The third-order valence-corrected chi connectivity index (χ3v) is 9.37. The van der Waals surface area contributed by atoms with Gasteiger partial charge in [0.2, 0.25) is 17.7 Å². The first kappa shape index (κ1) is 31.0. The van der Waals surface area contributed by atoms with Gasteiger partial charge in [-0.15, -0.1) is 13.2 Å². The fraction of sp³-hybridized carbons (Fsp3) is 0.606. The summed E-state index contributed by atoms with van der Waals surface area (Å²) in [6.45, 7) is 16.5. The number of ether oxygens (including phenoxy) is 1. The number of nitrogens with zero attached hydrogens (tertiary/aromatic N) is 3. The van der Waals surface area contributed by atoms with Crippen LogP contribution in [0.2, 0.25) is 0 Å². The van der Waals surface area contributed by atoms with E-state index in [1.54, 1.807) is 26.9 Å². The van der Waals surface area contributed by atoms with E-state index in [0.717, 1.165) is 24.9 Å². The van der Waals surface area contributed by atoms with Crippen LogP contribution >= 0.6 is 0 Å². The molecule has 1 aromatic carbocycles. The molecule has 3 saturated heterocycles. The molecular formula is C33H47N3O5. The molecule has 2 unspecified atom stereocenters. The molecule has 3 fully saturated rings. The van der Waals surface area contributed by atoms with E-state index in [1.807, 2.05) is 51.1 Å². The molecule has 3 aliphatic heterocycles. The number of para-hydroxylation sites is 1. The minimum atomic E-state index is -1.15. The molecule has 3 amide bonds. The van der Waals surface area contributed by atoms with Gasteiger partial charge in [0.25, 0.3) is 0 Å². The van der Waals surface area contributed by atoms with E-state index in [2.05, 4.69) is 20.1 Å². The number of fused-ring (bicyclic) bond motifs is 1. The number of hydrogen-bond acceptors (Lipinski definition) is 5. The van der Waals surface area contributed by atoms with Crippen molar-refractivity contribution in [3.05, 3.63) is 55.6 Å². The fourth-order valence-corrected chi connectivity index (χ4v) is 7.40. The SMILES string of the molecule is C=CCN(CCCCC)C(=O)C1N([C@@H](CO)C(C)C)C(=O)[C@@H]2[C@@H](C(=O)N(CC=C)c3ccccc3)[C@@]3(C)CCC12O3. The number of carbonyl (C=O) groups is 3. The van der Waals surface area contributed by atoms with Gasteiger partial charge in [0.15, 0.2) is 0 Å². The Hall–Kier alpha value is -2.97. The zero-order chi connectivity index (χ0) is 29.9. The molecule has 2 bridgehead atoms. The first-order valence-corrected chi connectivity index (χ1v) is 15.1. The van der Waals surface area contributed by atoms with Crippen molar-refractivity contribution in [2.24, 2.45) is 17.8 Å². The predicted molar refractivity (Wildman–Crippen MR) is 160 cm³/mol. The Morgan fingerprint density at radius 1 is 1.12 bits per heavy atom. The molecule has 8 nitrogen and oxygen atoms in total. The van der Waals surface area contributed by atoms with Gasteiger partial charge in [0.05, 0.1) is 30.1 Å². The molecule has 0 aliphatic carbocycles. The maximum absolute atomic E-state index is 14.6. The zero-order valence-electron chi connectivity index (χ0n) is 25.1. The Bertz CT molecular complexity index is 1140. The Kier molecular flexibility index (Phi) is 9.44. The third-order valence-electron chi connectivity index (χ3n) is 9.37. The van der Waals surface area contributed by atoms with Gasteiger partial charge in [0.1, 0.15) is 11.6 Å². The van der Waals surface area contributed by atoms with Crippen LogP contribution in [0, 0.1) is 17.8 Å². The monoisotopic (exact) mass is 565 g/mol. The Balaban J connectivity index is 1.81. The topological polar surface area (TPSA) is 90.4 Å². The number of rotatable bonds is 14. The minimum absolute atomic E-state index is 0.106. The van der Waals surface area contributed by atoms with Gasteiger partial charge < -0.3 is 24.5 Å². The summed E-state index contributed by atoms with van der Waals surface area (Å²) < 4.78 is 6.84. The Morgan fingerprint density at radius 2 is 1.80 bits per heavy atom. The van der Waals surface area contributed by atoms with Crippen molar-refractivity contribution in [2.75, 3.05) is 31.1 Å². The van der Waals surface area contributed by atoms with Crippen LogP contribution in [0.1, 0.15) is 59.8 Å². The highest BCUT2D eigenvalue weighted by Crippen LogP contribution is 2.64. The highest BCUT2D eigenvalue weighted by molar-refractivity contribution is 6.03. The standard InChI is InChI=1S/C33H47N3O5/c1-7-10-14-21-34(19-8-2)31(40)28-33-18-17-32(6,41-33)26(27(33)30(39)36(28)25(22-37)23(4)5)29(38)35(20-9-3)24-15-12-11-13-16-24/h8-9,11-13,15-16,23,25-28,37H,2-3,7,10,14,17-22H2,1,4-6H3/t25-,26-,27-,28?,32+,33?/m0/s1. The van der Waals surface area contributed by atoms with Gasteiger partial charge in [0, 0.05) is 25.3 Å². The highest BCUT2D eigenvalue weighted by Gasteiger charge is 2.79. The van der Waals surface area contributed by atoms with Crippen LogP contribution in [0.5, 0.6) is 0 Å². The number of unbranched alkanes of at least 4 members (excludes halogenated alkanes) is 2. The van der Waals surface area contributed by atoms with Crippen LogP contribution in [0.3, 0.4) is 0 Å². The summed E-state index contributed by atoms with van der Waals surface area (Å²) >= 11 is 0. The van der Waals surface area contributed by atoms with E-state index in [0.29, 0.717) is 25.9 Å². The summed E-state index contributed by atoms with van der Waals surface area (Å²) in [4.78, 5) is 48.5. The molecule has 41 heavy (non-hydrogen) atoms. The average Bonchev–Trinajstić information content (AvgIpc) is 3.52. The second kappa shape index (κ2) is 12.5. The number of anilines is 1. The number of likely N-dealkylation sites (tertiary alicyclic amines) is 1.